The highest BCUT2D eigenvalue weighted by atomic mass is 35.5. The second kappa shape index (κ2) is 6.87. The molecule has 5 rings (SSSR count). The van der Waals surface area contributed by atoms with Crippen LogP contribution < -0.4 is 5.32 Å². The monoisotopic (exact) mass is 400 g/mol. The zero-order valence-corrected chi connectivity index (χ0v) is 16.1. The lowest BCUT2D eigenvalue weighted by molar-refractivity contribution is -0.126. The van der Waals surface area contributed by atoms with Gasteiger partial charge in [0.15, 0.2) is 11.3 Å². The summed E-state index contributed by atoms with van der Waals surface area (Å²) in [6.45, 7) is 0. The minimum absolute atomic E-state index is 0.0322. The average molecular weight is 401 g/mol. The highest BCUT2D eigenvalue weighted by molar-refractivity contribution is 6.30. The Kier molecular flexibility index (Phi) is 4.18. The first kappa shape index (κ1) is 17.6. The van der Waals surface area contributed by atoms with E-state index in [-0.39, 0.29) is 5.78 Å². The fourth-order valence-corrected chi connectivity index (χ4v) is 4.16. The predicted molar refractivity (Wildman–Crippen MR) is 112 cm³/mol. The Morgan fingerprint density at radius 1 is 0.862 bits per heavy atom. The van der Waals surface area contributed by atoms with E-state index in [1.807, 2.05) is 72.8 Å². The third-order valence-electron chi connectivity index (χ3n) is 5.34. The van der Waals surface area contributed by atoms with E-state index in [9.17, 15) is 4.79 Å². The van der Waals surface area contributed by atoms with E-state index >= 15 is 0 Å². The number of nitrogens with zero attached hydrogens (tertiary/aromatic N) is 3. The number of ketones is 1. The molecule has 0 bridgehead atoms. The molecule has 1 atom stereocenters. The Morgan fingerprint density at radius 3 is 2.03 bits per heavy atom. The number of halogens is 1. The summed E-state index contributed by atoms with van der Waals surface area (Å²) >= 11 is 6.07. The minimum Gasteiger partial charge on any atom is -0.340 e. The first-order valence-electron chi connectivity index (χ1n) is 9.29. The number of carbonyl (C=O) groups is 1. The second-order valence-corrected chi connectivity index (χ2v) is 7.37. The number of nitrogens with one attached hydrogen (secondary N) is 1. The van der Waals surface area contributed by atoms with E-state index in [0.717, 1.165) is 16.7 Å². The summed E-state index contributed by atoms with van der Waals surface area (Å²) in [7, 11) is 0. The molecular formula is C23H17ClN4O. The number of hydrogen-bond donors (Lipinski definition) is 1. The van der Waals surface area contributed by atoms with E-state index in [0.29, 0.717) is 11.0 Å². The molecule has 6 heteroatoms. The SMILES string of the molecule is O=C1C(c2ccc(Cl)cc2)Nc2ncnn2C1(c1ccccc1)c1ccccc1. The molecule has 0 radical (unpaired) electrons. The summed E-state index contributed by atoms with van der Waals surface area (Å²) in [6, 6.07) is 26.2. The molecule has 3 aromatic carbocycles. The van der Waals surface area contributed by atoms with Gasteiger partial charge in [-0.05, 0) is 28.8 Å². The second-order valence-electron chi connectivity index (χ2n) is 6.93. The van der Waals surface area contributed by atoms with Crippen LogP contribution in [0.4, 0.5) is 5.95 Å². The fourth-order valence-electron chi connectivity index (χ4n) is 4.04. The molecule has 0 spiro atoms. The number of rotatable bonds is 3. The van der Waals surface area contributed by atoms with Gasteiger partial charge in [-0.3, -0.25) is 4.79 Å². The molecule has 0 saturated heterocycles. The van der Waals surface area contributed by atoms with Crippen molar-refractivity contribution < 1.29 is 4.79 Å². The Morgan fingerprint density at radius 2 is 1.45 bits per heavy atom. The molecule has 0 aliphatic carbocycles. The van der Waals surface area contributed by atoms with Crippen LogP contribution in [0.15, 0.2) is 91.3 Å². The Hall–Kier alpha value is -3.44. The third kappa shape index (κ3) is 2.66. The van der Waals surface area contributed by atoms with Crippen LogP contribution in [0.2, 0.25) is 5.02 Å². The predicted octanol–water partition coefficient (Wildman–Crippen LogP) is 4.46. The number of aromatic nitrogens is 3. The van der Waals surface area contributed by atoms with Gasteiger partial charge in [-0.25, -0.2) is 4.68 Å². The van der Waals surface area contributed by atoms with E-state index in [1.165, 1.54) is 6.33 Å². The van der Waals surface area contributed by atoms with E-state index in [4.69, 9.17) is 11.6 Å². The lowest BCUT2D eigenvalue weighted by Gasteiger charge is -2.41. The molecule has 1 aliphatic heterocycles. The van der Waals surface area contributed by atoms with Crippen LogP contribution in [-0.4, -0.2) is 20.5 Å². The molecule has 2 heterocycles. The van der Waals surface area contributed by atoms with Gasteiger partial charge in [0.2, 0.25) is 5.95 Å². The van der Waals surface area contributed by atoms with Crippen LogP contribution in [0.3, 0.4) is 0 Å². The maximum Gasteiger partial charge on any atom is 0.223 e. The maximum atomic E-state index is 14.2. The quantitative estimate of drug-likeness (QED) is 0.551. The number of carbonyl (C=O) groups excluding carboxylic acids is 1. The normalized spacial score (nSPS) is 17.4. The van der Waals surface area contributed by atoms with Crippen LogP contribution >= 0.6 is 11.6 Å². The third-order valence-corrected chi connectivity index (χ3v) is 5.60. The zero-order valence-electron chi connectivity index (χ0n) is 15.4. The van der Waals surface area contributed by atoms with Gasteiger partial charge in [0.05, 0.1) is 0 Å². The molecule has 1 unspecified atom stereocenters. The van der Waals surface area contributed by atoms with Crippen molar-refractivity contribution in [3.8, 4) is 0 Å². The van der Waals surface area contributed by atoms with Gasteiger partial charge in [-0.15, -0.1) is 0 Å². The molecule has 1 aliphatic rings. The minimum atomic E-state index is -1.14. The molecule has 0 saturated carbocycles. The summed E-state index contributed by atoms with van der Waals surface area (Å²) in [6.07, 6.45) is 1.47. The number of Topliss-reactive ketones (excluding diaryl/α,β-unsaturated/α-hetero) is 1. The van der Waals surface area contributed by atoms with Crippen molar-refractivity contribution in [3.05, 3.63) is 113 Å². The number of benzene rings is 3. The maximum absolute atomic E-state index is 14.2. The van der Waals surface area contributed by atoms with Crippen molar-refractivity contribution in [2.24, 2.45) is 0 Å². The number of fused-ring (bicyclic) bond motifs is 1. The van der Waals surface area contributed by atoms with Crippen molar-refractivity contribution >= 4 is 23.3 Å². The summed E-state index contributed by atoms with van der Waals surface area (Å²) in [4.78, 5) is 18.6. The molecule has 29 heavy (non-hydrogen) atoms. The van der Waals surface area contributed by atoms with Gasteiger partial charge in [-0.1, -0.05) is 84.4 Å². The number of hydrogen-bond acceptors (Lipinski definition) is 4. The van der Waals surface area contributed by atoms with Crippen LogP contribution in [0.1, 0.15) is 22.7 Å². The summed E-state index contributed by atoms with van der Waals surface area (Å²) in [5, 5.41) is 8.33. The van der Waals surface area contributed by atoms with Crippen molar-refractivity contribution in [2.75, 3.05) is 5.32 Å². The topological polar surface area (TPSA) is 59.8 Å². The van der Waals surface area contributed by atoms with Gasteiger partial charge in [0, 0.05) is 5.02 Å². The summed E-state index contributed by atoms with van der Waals surface area (Å²) < 4.78 is 1.69. The largest absolute Gasteiger partial charge is 0.340 e. The van der Waals surface area contributed by atoms with E-state index in [2.05, 4.69) is 15.4 Å². The average Bonchev–Trinajstić information content (AvgIpc) is 3.24. The lowest BCUT2D eigenvalue weighted by atomic mass is 9.74. The number of anilines is 1. The van der Waals surface area contributed by atoms with Gasteiger partial charge in [0.1, 0.15) is 12.4 Å². The van der Waals surface area contributed by atoms with Gasteiger partial charge in [-0.2, -0.15) is 10.1 Å². The van der Waals surface area contributed by atoms with Gasteiger partial charge < -0.3 is 5.32 Å². The van der Waals surface area contributed by atoms with Crippen LogP contribution in [0.5, 0.6) is 0 Å². The van der Waals surface area contributed by atoms with E-state index in [1.54, 1.807) is 16.8 Å². The van der Waals surface area contributed by atoms with Gasteiger partial charge in [0.25, 0.3) is 0 Å². The van der Waals surface area contributed by atoms with Crippen LogP contribution in [0, 0.1) is 0 Å². The zero-order chi connectivity index (χ0) is 19.8. The Balaban J connectivity index is 1.81. The molecular weight excluding hydrogens is 384 g/mol. The Bertz CT molecular complexity index is 1120. The summed E-state index contributed by atoms with van der Waals surface area (Å²) in [5.74, 6) is 0.507. The Labute approximate surface area is 173 Å². The van der Waals surface area contributed by atoms with Crippen LogP contribution in [-0.2, 0) is 10.3 Å². The van der Waals surface area contributed by atoms with Crippen molar-refractivity contribution in [3.63, 3.8) is 0 Å². The van der Waals surface area contributed by atoms with Crippen LogP contribution in [0.25, 0.3) is 0 Å². The molecule has 1 aromatic heterocycles. The molecule has 142 valence electrons. The fraction of sp³-hybridized carbons (Fsp3) is 0.0870. The molecule has 5 nitrogen and oxygen atoms in total. The first-order chi connectivity index (χ1) is 14.2. The highest BCUT2D eigenvalue weighted by Gasteiger charge is 2.52. The molecule has 1 N–H and O–H groups in total. The lowest BCUT2D eigenvalue weighted by Crippen LogP contribution is -2.52. The first-order valence-corrected chi connectivity index (χ1v) is 9.67. The smallest absolute Gasteiger partial charge is 0.223 e. The molecule has 0 fully saturated rings. The standard InChI is InChI=1S/C23H17ClN4O/c24-19-13-11-16(12-14-19)20-21(29)23(17-7-3-1-4-8-17,18-9-5-2-6-10-18)28-22(27-20)25-15-26-28/h1-15,20H,(H,25,26,27). The molecule has 0 amide bonds. The molecule has 4 aromatic rings. The van der Waals surface area contributed by atoms with Crippen molar-refractivity contribution in [1.29, 1.82) is 0 Å². The van der Waals surface area contributed by atoms with E-state index < -0.39 is 11.6 Å². The van der Waals surface area contributed by atoms with Gasteiger partial charge >= 0.3 is 0 Å². The van der Waals surface area contributed by atoms with Crippen molar-refractivity contribution in [2.45, 2.75) is 11.6 Å². The van der Waals surface area contributed by atoms with Crippen molar-refractivity contribution in [1.82, 2.24) is 14.8 Å². The summed E-state index contributed by atoms with van der Waals surface area (Å²) in [5.41, 5.74) is 1.36. The highest BCUT2D eigenvalue weighted by Crippen LogP contribution is 2.44.